The Morgan fingerprint density at radius 3 is 2.53 bits per heavy atom. The maximum atomic E-state index is 12.4. The Hall–Kier alpha value is -2.92. The SMILES string of the molecule is CC(OC(=O)c1ccc(S(=O)(=O)NCc2ccco2)cc1)C(=O)Nc1ncc(Cl)cc1Cl. The van der Waals surface area contributed by atoms with E-state index >= 15 is 0 Å². The van der Waals surface area contributed by atoms with Crippen molar-refractivity contribution in [2.45, 2.75) is 24.5 Å². The number of amides is 1. The van der Waals surface area contributed by atoms with Gasteiger partial charge in [-0.05, 0) is 49.4 Å². The first-order valence-electron chi connectivity index (χ1n) is 9.11. The molecule has 0 saturated heterocycles. The highest BCUT2D eigenvalue weighted by molar-refractivity contribution is 7.89. The van der Waals surface area contributed by atoms with Crippen LogP contribution in [0.5, 0.6) is 0 Å². The van der Waals surface area contributed by atoms with E-state index in [0.29, 0.717) is 10.8 Å². The lowest BCUT2D eigenvalue weighted by Crippen LogP contribution is -2.30. The molecule has 3 aromatic rings. The average molecular weight is 498 g/mol. The van der Waals surface area contributed by atoms with Gasteiger partial charge in [-0.3, -0.25) is 4.79 Å². The molecule has 12 heteroatoms. The van der Waals surface area contributed by atoms with Crippen LogP contribution < -0.4 is 10.0 Å². The number of halogens is 2. The third-order valence-corrected chi connectivity index (χ3v) is 6.03. The van der Waals surface area contributed by atoms with Crippen LogP contribution in [-0.4, -0.2) is 31.4 Å². The van der Waals surface area contributed by atoms with Gasteiger partial charge in [0.1, 0.15) is 5.76 Å². The van der Waals surface area contributed by atoms with E-state index in [9.17, 15) is 18.0 Å². The summed E-state index contributed by atoms with van der Waals surface area (Å²) in [5.74, 6) is -0.941. The van der Waals surface area contributed by atoms with Gasteiger partial charge >= 0.3 is 5.97 Å². The Morgan fingerprint density at radius 1 is 1.19 bits per heavy atom. The average Bonchev–Trinajstić information content (AvgIpc) is 3.28. The highest BCUT2D eigenvalue weighted by Crippen LogP contribution is 2.22. The highest BCUT2D eigenvalue weighted by Gasteiger charge is 2.21. The zero-order chi connectivity index (χ0) is 23.3. The molecule has 0 aliphatic carbocycles. The molecular formula is C20H17Cl2N3O6S. The number of nitrogens with zero attached hydrogens (tertiary/aromatic N) is 1. The first-order chi connectivity index (χ1) is 15.2. The molecular weight excluding hydrogens is 481 g/mol. The molecule has 168 valence electrons. The van der Waals surface area contributed by atoms with Crippen LogP contribution in [-0.2, 0) is 26.1 Å². The molecule has 1 atom stereocenters. The Kier molecular flexibility index (Phi) is 7.52. The second kappa shape index (κ2) is 10.1. The van der Waals surface area contributed by atoms with Crippen LogP contribution in [0.3, 0.4) is 0 Å². The fourth-order valence-corrected chi connectivity index (χ4v) is 3.86. The molecule has 1 amide bonds. The summed E-state index contributed by atoms with van der Waals surface area (Å²) < 4.78 is 37.3. The van der Waals surface area contributed by atoms with Crippen LogP contribution in [0.25, 0.3) is 0 Å². The molecule has 0 bridgehead atoms. The van der Waals surface area contributed by atoms with Crippen LogP contribution in [0, 0.1) is 0 Å². The lowest BCUT2D eigenvalue weighted by molar-refractivity contribution is -0.123. The zero-order valence-corrected chi connectivity index (χ0v) is 18.9. The first kappa shape index (κ1) is 23.7. The number of furan rings is 1. The number of carbonyl (C=O) groups is 2. The minimum absolute atomic E-state index is 0.0156. The number of hydrogen-bond acceptors (Lipinski definition) is 7. The second-order valence-corrected chi connectivity index (χ2v) is 9.06. The highest BCUT2D eigenvalue weighted by atomic mass is 35.5. The largest absolute Gasteiger partial charge is 0.468 e. The minimum Gasteiger partial charge on any atom is -0.468 e. The van der Waals surface area contributed by atoms with Crippen molar-refractivity contribution in [1.82, 2.24) is 9.71 Å². The van der Waals surface area contributed by atoms with E-state index in [1.54, 1.807) is 12.1 Å². The number of aromatic nitrogens is 1. The number of anilines is 1. The van der Waals surface area contributed by atoms with Crippen molar-refractivity contribution in [1.29, 1.82) is 0 Å². The molecule has 0 spiro atoms. The normalized spacial score (nSPS) is 12.2. The summed E-state index contributed by atoms with van der Waals surface area (Å²) in [6.45, 7) is 1.35. The van der Waals surface area contributed by atoms with Gasteiger partial charge in [-0.1, -0.05) is 23.2 Å². The van der Waals surface area contributed by atoms with Gasteiger partial charge in [0.15, 0.2) is 11.9 Å². The van der Waals surface area contributed by atoms with Crippen molar-refractivity contribution in [3.05, 3.63) is 76.3 Å². The Balaban J connectivity index is 1.59. The summed E-state index contributed by atoms with van der Waals surface area (Å²) in [6, 6.07) is 9.76. The maximum absolute atomic E-state index is 12.4. The second-order valence-electron chi connectivity index (χ2n) is 6.45. The number of nitrogens with one attached hydrogen (secondary N) is 2. The summed E-state index contributed by atoms with van der Waals surface area (Å²) in [6.07, 6.45) is 1.57. The lowest BCUT2D eigenvalue weighted by Gasteiger charge is -2.14. The Bertz CT molecular complexity index is 1210. The van der Waals surface area contributed by atoms with Gasteiger partial charge in [0, 0.05) is 6.20 Å². The van der Waals surface area contributed by atoms with Crippen LogP contribution in [0.2, 0.25) is 10.0 Å². The first-order valence-corrected chi connectivity index (χ1v) is 11.3. The molecule has 0 radical (unpaired) electrons. The molecule has 0 fully saturated rings. The summed E-state index contributed by atoms with van der Waals surface area (Å²) in [7, 11) is -3.81. The van der Waals surface area contributed by atoms with Gasteiger partial charge in [0.05, 0.1) is 33.3 Å². The van der Waals surface area contributed by atoms with Gasteiger partial charge in [-0.2, -0.15) is 0 Å². The molecule has 2 heterocycles. The molecule has 1 aromatic carbocycles. The predicted octanol–water partition coefficient (Wildman–Crippen LogP) is 3.64. The van der Waals surface area contributed by atoms with Crippen molar-refractivity contribution >= 4 is 50.9 Å². The number of carbonyl (C=O) groups excluding carboxylic acids is 2. The Morgan fingerprint density at radius 2 is 1.91 bits per heavy atom. The third kappa shape index (κ3) is 6.07. The quantitative estimate of drug-likeness (QED) is 0.454. The van der Waals surface area contributed by atoms with Gasteiger partial charge in [0.2, 0.25) is 10.0 Å². The van der Waals surface area contributed by atoms with Gasteiger partial charge in [0.25, 0.3) is 5.91 Å². The number of sulfonamides is 1. The van der Waals surface area contributed by atoms with Crippen LogP contribution in [0.4, 0.5) is 5.82 Å². The standard InChI is InChI=1S/C20H17Cl2N3O6S/c1-12(19(26)25-18-17(22)9-14(21)10-23-18)31-20(27)13-4-6-16(7-5-13)32(28,29)24-11-15-3-2-8-30-15/h2-10,12,24H,11H2,1H3,(H,23,25,26). The van der Waals surface area contributed by atoms with Crippen molar-refractivity contribution in [3.63, 3.8) is 0 Å². The fraction of sp³-hybridized carbons (Fsp3) is 0.150. The lowest BCUT2D eigenvalue weighted by atomic mass is 10.2. The van der Waals surface area contributed by atoms with E-state index in [1.807, 2.05) is 0 Å². The molecule has 0 aliphatic rings. The molecule has 1 unspecified atom stereocenters. The summed E-state index contributed by atoms with van der Waals surface area (Å²) in [5.41, 5.74) is 0.0669. The van der Waals surface area contributed by atoms with Crippen molar-refractivity contribution in [3.8, 4) is 0 Å². The van der Waals surface area contributed by atoms with E-state index in [-0.39, 0.29) is 27.8 Å². The number of hydrogen-bond donors (Lipinski definition) is 2. The summed E-state index contributed by atoms with van der Waals surface area (Å²) >= 11 is 11.7. The van der Waals surface area contributed by atoms with Gasteiger partial charge in [-0.15, -0.1) is 0 Å². The number of ether oxygens (including phenoxy) is 1. The van der Waals surface area contributed by atoms with E-state index < -0.39 is 28.0 Å². The van der Waals surface area contributed by atoms with Gasteiger partial charge < -0.3 is 14.5 Å². The fourth-order valence-electron chi connectivity index (χ4n) is 2.44. The molecule has 3 rings (SSSR count). The molecule has 32 heavy (non-hydrogen) atoms. The number of pyridine rings is 1. The third-order valence-electron chi connectivity index (χ3n) is 4.12. The molecule has 0 aliphatic heterocycles. The minimum atomic E-state index is -3.81. The number of benzene rings is 1. The van der Waals surface area contributed by atoms with Crippen molar-refractivity contribution in [2.24, 2.45) is 0 Å². The Labute approximate surface area is 193 Å². The van der Waals surface area contributed by atoms with Crippen molar-refractivity contribution in [2.75, 3.05) is 5.32 Å². The van der Waals surface area contributed by atoms with Crippen LogP contribution in [0.1, 0.15) is 23.0 Å². The predicted molar refractivity (Wildman–Crippen MR) is 117 cm³/mol. The van der Waals surface area contributed by atoms with Crippen LogP contribution in [0.15, 0.2) is 64.2 Å². The maximum Gasteiger partial charge on any atom is 0.338 e. The topological polar surface area (TPSA) is 128 Å². The summed E-state index contributed by atoms with van der Waals surface area (Å²) in [4.78, 5) is 28.4. The van der Waals surface area contributed by atoms with E-state index in [0.717, 1.165) is 0 Å². The molecule has 0 saturated carbocycles. The summed E-state index contributed by atoms with van der Waals surface area (Å²) in [5, 5.41) is 2.86. The zero-order valence-electron chi connectivity index (χ0n) is 16.5. The molecule has 2 N–H and O–H groups in total. The van der Waals surface area contributed by atoms with E-state index in [1.165, 1.54) is 49.7 Å². The van der Waals surface area contributed by atoms with E-state index in [2.05, 4.69) is 15.0 Å². The van der Waals surface area contributed by atoms with Crippen LogP contribution >= 0.6 is 23.2 Å². The monoisotopic (exact) mass is 497 g/mol. The smallest absolute Gasteiger partial charge is 0.338 e. The van der Waals surface area contributed by atoms with Gasteiger partial charge in [-0.25, -0.2) is 22.9 Å². The molecule has 2 aromatic heterocycles. The van der Waals surface area contributed by atoms with Crippen molar-refractivity contribution < 1.29 is 27.2 Å². The van der Waals surface area contributed by atoms with E-state index in [4.69, 9.17) is 32.4 Å². The number of rotatable bonds is 8. The molecule has 9 nitrogen and oxygen atoms in total. The number of esters is 1.